The molecule has 0 spiro atoms. The van der Waals surface area contributed by atoms with Crippen LogP contribution in [0.25, 0.3) is 22.1 Å². The Morgan fingerprint density at radius 3 is 2.84 bits per heavy atom. The fourth-order valence-electron chi connectivity index (χ4n) is 4.57. The van der Waals surface area contributed by atoms with E-state index in [0.29, 0.717) is 12.3 Å². The second kappa shape index (κ2) is 7.17. The van der Waals surface area contributed by atoms with Gasteiger partial charge in [0.1, 0.15) is 11.4 Å². The van der Waals surface area contributed by atoms with Crippen LogP contribution in [0.1, 0.15) is 35.3 Å². The molecule has 6 heteroatoms. The quantitative estimate of drug-likeness (QED) is 0.451. The number of likely N-dealkylation sites (tertiary alicyclic amines) is 1. The highest BCUT2D eigenvalue weighted by molar-refractivity contribution is 7.10. The maximum Gasteiger partial charge on any atom is 0.236 e. The maximum atomic E-state index is 13.5. The second-order valence-corrected chi connectivity index (χ2v) is 9.45. The zero-order chi connectivity index (χ0) is 21.8. The summed E-state index contributed by atoms with van der Waals surface area (Å²) in [4.78, 5) is 20.4. The Morgan fingerprint density at radius 2 is 2.03 bits per heavy atom. The van der Waals surface area contributed by atoms with Crippen LogP contribution >= 0.6 is 11.3 Å². The summed E-state index contributed by atoms with van der Waals surface area (Å²) in [5.41, 5.74) is 4.52. The highest BCUT2D eigenvalue weighted by Gasteiger charge is 2.49. The molecule has 1 N–H and O–H groups in total. The largest absolute Gasteiger partial charge is 0.464 e. The van der Waals surface area contributed by atoms with Gasteiger partial charge in [-0.1, -0.05) is 13.0 Å². The third kappa shape index (κ3) is 3.18. The van der Waals surface area contributed by atoms with Crippen LogP contribution in [0, 0.1) is 12.3 Å². The van der Waals surface area contributed by atoms with E-state index in [2.05, 4.69) is 29.4 Å². The number of aromatic nitrogens is 1. The van der Waals surface area contributed by atoms with E-state index < -0.39 is 5.41 Å². The van der Waals surface area contributed by atoms with Crippen LogP contribution in [-0.2, 0) is 10.2 Å². The van der Waals surface area contributed by atoms with Crippen LogP contribution in [0.4, 0.5) is 0 Å². The molecule has 2 atom stereocenters. The monoisotopic (exact) mass is 429 g/mol. The number of piperidine rings is 1. The molecule has 31 heavy (non-hydrogen) atoms. The first-order valence-electron chi connectivity index (χ1n) is 10.2. The zero-order valence-corrected chi connectivity index (χ0v) is 18.5. The molecule has 1 aliphatic rings. The Balaban J connectivity index is 1.63. The number of benzene rings is 1. The molecule has 1 aromatic carbocycles. The van der Waals surface area contributed by atoms with Gasteiger partial charge in [-0.15, -0.1) is 11.3 Å². The molecule has 0 aliphatic carbocycles. The van der Waals surface area contributed by atoms with Gasteiger partial charge in [-0.25, -0.2) is 0 Å². The number of hydrogen-bond acceptors (Lipinski definition) is 5. The van der Waals surface area contributed by atoms with Crippen LogP contribution in [-0.4, -0.2) is 28.7 Å². The van der Waals surface area contributed by atoms with Gasteiger partial charge in [0, 0.05) is 47.1 Å². The lowest BCUT2D eigenvalue weighted by molar-refractivity contribution is -0.131. The van der Waals surface area contributed by atoms with Gasteiger partial charge in [-0.05, 0) is 59.3 Å². The van der Waals surface area contributed by atoms with E-state index in [1.54, 1.807) is 24.6 Å². The number of nitrogens with zero attached hydrogens (tertiary/aromatic N) is 2. The molecule has 1 fully saturated rings. The Labute approximate surface area is 184 Å². The van der Waals surface area contributed by atoms with E-state index in [-0.39, 0.29) is 11.8 Å². The number of furan rings is 1. The number of carbonyl (C=O) groups excluding carboxylic acids is 1. The number of thiophene rings is 1. The van der Waals surface area contributed by atoms with Crippen LogP contribution in [0.5, 0.6) is 0 Å². The van der Waals surface area contributed by atoms with E-state index in [4.69, 9.17) is 9.83 Å². The van der Waals surface area contributed by atoms with Gasteiger partial charge in [0.25, 0.3) is 0 Å². The van der Waals surface area contributed by atoms with Crippen molar-refractivity contribution in [2.45, 2.75) is 31.6 Å². The smallest absolute Gasteiger partial charge is 0.236 e. The minimum absolute atomic E-state index is 0.0474. The third-order valence-electron chi connectivity index (χ3n) is 6.33. The van der Waals surface area contributed by atoms with E-state index >= 15 is 0 Å². The van der Waals surface area contributed by atoms with Crippen molar-refractivity contribution in [1.29, 1.82) is 5.41 Å². The average molecular weight is 430 g/mol. The van der Waals surface area contributed by atoms with Crippen molar-refractivity contribution in [3.63, 3.8) is 0 Å². The zero-order valence-electron chi connectivity index (χ0n) is 17.7. The molecule has 0 radical (unpaired) electrons. The first kappa shape index (κ1) is 19.7. The lowest BCUT2D eigenvalue weighted by atomic mass is 9.67. The van der Waals surface area contributed by atoms with Crippen molar-refractivity contribution in [2.24, 2.45) is 0 Å². The predicted molar refractivity (Wildman–Crippen MR) is 124 cm³/mol. The number of hydrogen-bond donors (Lipinski definition) is 1. The summed E-state index contributed by atoms with van der Waals surface area (Å²) in [5.74, 6) is -0.0814. The third-order valence-corrected chi connectivity index (χ3v) is 7.54. The van der Waals surface area contributed by atoms with Crippen molar-refractivity contribution < 1.29 is 9.21 Å². The number of likely N-dealkylation sites (N-methyl/N-ethyl adjacent to an activating group) is 1. The van der Waals surface area contributed by atoms with Gasteiger partial charge in [-0.2, -0.15) is 0 Å². The molecule has 0 saturated carbocycles. The number of amidine groups is 1. The minimum Gasteiger partial charge on any atom is -0.464 e. The summed E-state index contributed by atoms with van der Waals surface area (Å²) >= 11 is 1.65. The fraction of sp³-hybridized carbons (Fsp3) is 0.240. The van der Waals surface area contributed by atoms with Crippen LogP contribution in [0.15, 0.2) is 64.9 Å². The number of fused-ring (bicyclic) bond motifs is 1. The molecule has 1 amide bonds. The van der Waals surface area contributed by atoms with Crippen LogP contribution in [0.3, 0.4) is 0 Å². The Hall–Kier alpha value is -3.25. The Morgan fingerprint density at radius 1 is 1.19 bits per heavy atom. The first-order valence-corrected chi connectivity index (χ1v) is 11.1. The lowest BCUT2D eigenvalue weighted by Gasteiger charge is -2.44. The number of carbonyl (C=O) groups is 1. The van der Waals surface area contributed by atoms with E-state index in [9.17, 15) is 4.79 Å². The van der Waals surface area contributed by atoms with Gasteiger partial charge >= 0.3 is 0 Å². The summed E-state index contributed by atoms with van der Waals surface area (Å²) in [6, 6.07) is 12.2. The Bertz CT molecular complexity index is 1320. The number of aryl methyl sites for hydroxylation is 1. The normalized spacial score (nSPS) is 21.8. The molecule has 5 nitrogen and oxygen atoms in total. The highest BCUT2D eigenvalue weighted by Crippen LogP contribution is 2.49. The summed E-state index contributed by atoms with van der Waals surface area (Å²) in [6.45, 7) is 4.14. The highest BCUT2D eigenvalue weighted by atomic mass is 32.1. The fourth-order valence-corrected chi connectivity index (χ4v) is 5.68. The lowest BCUT2D eigenvalue weighted by Crippen LogP contribution is -2.51. The van der Waals surface area contributed by atoms with E-state index in [1.807, 2.05) is 43.6 Å². The van der Waals surface area contributed by atoms with Crippen LogP contribution < -0.4 is 0 Å². The van der Waals surface area contributed by atoms with Crippen molar-refractivity contribution in [2.75, 3.05) is 7.05 Å². The first-order chi connectivity index (χ1) is 14.9. The SMILES string of the molecule is Cc1cncc(-c2csc([C@@]3(C)CC(=N)N(C)C(=O)[C@H]3c3ccc4occc4c3)c2)c1. The molecule has 0 bridgehead atoms. The van der Waals surface area contributed by atoms with Crippen LogP contribution in [0.2, 0.25) is 0 Å². The van der Waals surface area contributed by atoms with Gasteiger partial charge in [-0.3, -0.25) is 15.2 Å². The standard InChI is InChI=1S/C25H23N3O2S/c1-15-8-18(13-27-12-15)19-10-21(31-14-19)25(2)11-22(26)28(3)24(29)23(25)17-4-5-20-16(9-17)6-7-30-20/h4-10,12-14,23,26H,11H2,1-3H3/t23-,25-/m1/s1. The molecular weight excluding hydrogens is 406 g/mol. The van der Waals surface area contributed by atoms with E-state index in [1.165, 1.54) is 4.90 Å². The number of rotatable bonds is 3. The summed E-state index contributed by atoms with van der Waals surface area (Å²) in [5, 5.41) is 11.6. The summed E-state index contributed by atoms with van der Waals surface area (Å²) in [7, 11) is 1.70. The second-order valence-electron chi connectivity index (χ2n) is 8.54. The number of amides is 1. The van der Waals surface area contributed by atoms with Gasteiger partial charge in [0.05, 0.1) is 12.2 Å². The maximum absolute atomic E-state index is 13.5. The van der Waals surface area contributed by atoms with Gasteiger partial charge < -0.3 is 9.32 Å². The summed E-state index contributed by atoms with van der Waals surface area (Å²) in [6.07, 6.45) is 5.87. The molecule has 1 aliphatic heterocycles. The molecule has 4 aromatic rings. The average Bonchev–Trinajstić information content (AvgIpc) is 3.42. The molecule has 3 aromatic heterocycles. The molecular formula is C25H23N3O2S. The Kier molecular flexibility index (Phi) is 4.55. The number of nitrogens with one attached hydrogen (secondary N) is 1. The van der Waals surface area contributed by atoms with E-state index in [0.717, 1.165) is 38.1 Å². The van der Waals surface area contributed by atoms with Gasteiger partial charge in [0.2, 0.25) is 5.91 Å². The molecule has 0 unspecified atom stereocenters. The van der Waals surface area contributed by atoms with Crippen molar-refractivity contribution in [3.8, 4) is 11.1 Å². The van der Waals surface area contributed by atoms with Crippen molar-refractivity contribution >= 4 is 34.0 Å². The summed E-state index contributed by atoms with van der Waals surface area (Å²) < 4.78 is 5.49. The predicted octanol–water partition coefficient (Wildman–Crippen LogP) is 5.75. The molecule has 1 saturated heterocycles. The number of pyridine rings is 1. The minimum atomic E-state index is -0.516. The topological polar surface area (TPSA) is 70.2 Å². The van der Waals surface area contributed by atoms with Crippen molar-refractivity contribution in [1.82, 2.24) is 9.88 Å². The van der Waals surface area contributed by atoms with Gasteiger partial charge in [0.15, 0.2) is 0 Å². The van der Waals surface area contributed by atoms with Crippen molar-refractivity contribution in [3.05, 3.63) is 76.4 Å². The molecule has 156 valence electrons. The molecule has 4 heterocycles. The molecule has 5 rings (SSSR count).